The third kappa shape index (κ3) is 5.96. The number of ether oxygens (including phenoxy) is 1. The highest BCUT2D eigenvalue weighted by molar-refractivity contribution is 6.30. The van der Waals surface area contributed by atoms with Gasteiger partial charge in [0.25, 0.3) is 0 Å². The number of nitrogens with zero attached hydrogens (tertiary/aromatic N) is 2. The minimum absolute atomic E-state index is 0.00358. The van der Waals surface area contributed by atoms with Crippen LogP contribution in [0.25, 0.3) is 0 Å². The largest absolute Gasteiger partial charge is 0.445 e. The van der Waals surface area contributed by atoms with Gasteiger partial charge in [-0.1, -0.05) is 54.1 Å². The minimum Gasteiger partial charge on any atom is -0.445 e. The molecule has 1 fully saturated rings. The van der Waals surface area contributed by atoms with Crippen LogP contribution in [0.5, 0.6) is 0 Å². The fourth-order valence-electron chi connectivity index (χ4n) is 3.16. The summed E-state index contributed by atoms with van der Waals surface area (Å²) in [7, 11) is 0. The first-order valence-corrected chi connectivity index (χ1v) is 9.68. The molecular weight excluding hydrogens is 362 g/mol. The highest BCUT2D eigenvalue weighted by Gasteiger charge is 2.22. The number of hydrogen-bond donors (Lipinski definition) is 1. The molecular formula is C21H26ClN3O2. The quantitative estimate of drug-likeness (QED) is 0.821. The Morgan fingerprint density at radius 2 is 1.70 bits per heavy atom. The van der Waals surface area contributed by atoms with Crippen molar-refractivity contribution in [1.82, 2.24) is 9.80 Å². The molecule has 144 valence electrons. The molecule has 1 heterocycles. The van der Waals surface area contributed by atoms with Crippen LogP contribution in [0.15, 0.2) is 54.6 Å². The van der Waals surface area contributed by atoms with Crippen LogP contribution in [-0.4, -0.2) is 48.6 Å². The van der Waals surface area contributed by atoms with Gasteiger partial charge in [0.15, 0.2) is 0 Å². The molecule has 0 radical (unpaired) electrons. The first-order valence-electron chi connectivity index (χ1n) is 9.31. The van der Waals surface area contributed by atoms with E-state index in [1.165, 1.54) is 0 Å². The van der Waals surface area contributed by atoms with Crippen LogP contribution < -0.4 is 5.73 Å². The molecule has 1 saturated heterocycles. The Morgan fingerprint density at radius 1 is 1.04 bits per heavy atom. The Kier molecular flexibility index (Phi) is 7.10. The van der Waals surface area contributed by atoms with Crippen molar-refractivity contribution >= 4 is 17.7 Å². The normalized spacial score (nSPS) is 16.1. The van der Waals surface area contributed by atoms with E-state index in [-0.39, 0.29) is 12.1 Å². The number of carbonyl (C=O) groups is 1. The topological polar surface area (TPSA) is 58.8 Å². The highest BCUT2D eigenvalue weighted by atomic mass is 35.5. The molecule has 2 N–H and O–H groups in total. The van der Waals surface area contributed by atoms with Crippen molar-refractivity contribution in [2.75, 3.05) is 32.7 Å². The second kappa shape index (κ2) is 9.74. The third-order valence-electron chi connectivity index (χ3n) is 4.89. The van der Waals surface area contributed by atoms with Gasteiger partial charge in [0.05, 0.1) is 0 Å². The van der Waals surface area contributed by atoms with E-state index in [9.17, 15) is 4.79 Å². The minimum atomic E-state index is -0.239. The maximum Gasteiger partial charge on any atom is 0.410 e. The van der Waals surface area contributed by atoms with Gasteiger partial charge in [-0.05, 0) is 29.7 Å². The molecule has 1 aliphatic heterocycles. The van der Waals surface area contributed by atoms with E-state index in [0.717, 1.165) is 42.2 Å². The fourth-order valence-corrected chi connectivity index (χ4v) is 3.29. The smallest absolute Gasteiger partial charge is 0.410 e. The molecule has 2 aromatic rings. The zero-order valence-corrected chi connectivity index (χ0v) is 16.1. The number of nitrogens with two attached hydrogens (primary N) is 1. The van der Waals surface area contributed by atoms with E-state index in [4.69, 9.17) is 22.1 Å². The summed E-state index contributed by atoms with van der Waals surface area (Å²) < 4.78 is 5.41. The van der Waals surface area contributed by atoms with Crippen LogP contribution in [-0.2, 0) is 11.3 Å². The van der Waals surface area contributed by atoms with Crippen LogP contribution in [0.1, 0.15) is 23.6 Å². The predicted molar refractivity (Wildman–Crippen MR) is 108 cm³/mol. The Labute approximate surface area is 165 Å². The molecule has 1 amide bonds. The van der Waals surface area contributed by atoms with Crippen LogP contribution in [0.2, 0.25) is 5.02 Å². The molecule has 27 heavy (non-hydrogen) atoms. The summed E-state index contributed by atoms with van der Waals surface area (Å²) in [6, 6.07) is 17.4. The lowest BCUT2D eigenvalue weighted by atomic mass is 10.0. The van der Waals surface area contributed by atoms with Gasteiger partial charge < -0.3 is 15.4 Å². The van der Waals surface area contributed by atoms with Crippen molar-refractivity contribution in [3.63, 3.8) is 0 Å². The summed E-state index contributed by atoms with van der Waals surface area (Å²) in [5.41, 5.74) is 8.38. The van der Waals surface area contributed by atoms with Crippen LogP contribution in [0.4, 0.5) is 4.79 Å². The average molecular weight is 388 g/mol. The molecule has 0 aliphatic carbocycles. The number of rotatable bonds is 6. The molecule has 1 atom stereocenters. The Balaban J connectivity index is 1.37. The van der Waals surface area contributed by atoms with Crippen molar-refractivity contribution in [1.29, 1.82) is 0 Å². The lowest BCUT2D eigenvalue weighted by molar-refractivity contribution is 0.0710. The zero-order chi connectivity index (χ0) is 19.1. The van der Waals surface area contributed by atoms with Gasteiger partial charge >= 0.3 is 6.09 Å². The highest BCUT2D eigenvalue weighted by Crippen LogP contribution is 2.18. The van der Waals surface area contributed by atoms with Gasteiger partial charge in [0.1, 0.15) is 6.61 Å². The van der Waals surface area contributed by atoms with E-state index >= 15 is 0 Å². The molecule has 3 rings (SSSR count). The Bertz CT molecular complexity index is 716. The fraction of sp³-hybridized carbons (Fsp3) is 0.381. The van der Waals surface area contributed by atoms with E-state index in [2.05, 4.69) is 4.90 Å². The number of halogens is 1. The molecule has 6 heteroatoms. The number of amides is 1. The van der Waals surface area contributed by atoms with Crippen molar-refractivity contribution in [3.05, 3.63) is 70.7 Å². The van der Waals surface area contributed by atoms with Crippen molar-refractivity contribution in [2.24, 2.45) is 5.73 Å². The van der Waals surface area contributed by atoms with E-state index in [1.54, 1.807) is 4.90 Å². The zero-order valence-electron chi connectivity index (χ0n) is 15.4. The number of carbonyl (C=O) groups excluding carboxylic acids is 1. The molecule has 5 nitrogen and oxygen atoms in total. The van der Waals surface area contributed by atoms with E-state index in [1.807, 2.05) is 54.6 Å². The Hall–Kier alpha value is -2.08. The van der Waals surface area contributed by atoms with Crippen LogP contribution in [0, 0.1) is 0 Å². The third-order valence-corrected chi connectivity index (χ3v) is 5.14. The molecule has 1 aliphatic rings. The van der Waals surface area contributed by atoms with Gasteiger partial charge in [0.2, 0.25) is 0 Å². The molecule has 0 spiro atoms. The summed E-state index contributed by atoms with van der Waals surface area (Å²) >= 11 is 5.92. The summed E-state index contributed by atoms with van der Waals surface area (Å²) in [6.45, 7) is 4.28. The predicted octanol–water partition coefficient (Wildman–Crippen LogP) is 3.68. The van der Waals surface area contributed by atoms with Gasteiger partial charge in [-0.15, -0.1) is 0 Å². The van der Waals surface area contributed by atoms with Crippen LogP contribution in [0.3, 0.4) is 0 Å². The Morgan fingerprint density at radius 3 is 2.37 bits per heavy atom. The average Bonchev–Trinajstić information content (AvgIpc) is 2.72. The van der Waals surface area contributed by atoms with Gasteiger partial charge in [-0.2, -0.15) is 0 Å². The standard InChI is InChI=1S/C21H26ClN3O2/c22-19-8-6-18(7-9-19)20(23)10-11-24-12-14-25(15-13-24)21(26)27-16-17-4-2-1-3-5-17/h1-9,20H,10-16,23H2/t20-/m0/s1. The van der Waals surface area contributed by atoms with Crippen molar-refractivity contribution < 1.29 is 9.53 Å². The van der Waals surface area contributed by atoms with Gasteiger partial charge in [-0.3, -0.25) is 4.90 Å². The summed E-state index contributed by atoms with van der Waals surface area (Å²) in [4.78, 5) is 16.3. The van der Waals surface area contributed by atoms with Gasteiger partial charge in [0, 0.05) is 43.8 Å². The lowest BCUT2D eigenvalue weighted by Crippen LogP contribution is -2.49. The number of hydrogen-bond acceptors (Lipinski definition) is 4. The number of piperazine rings is 1. The second-order valence-electron chi connectivity index (χ2n) is 6.82. The van der Waals surface area contributed by atoms with Gasteiger partial charge in [-0.25, -0.2) is 4.79 Å². The molecule has 0 aromatic heterocycles. The molecule has 0 bridgehead atoms. The first kappa shape index (κ1) is 19.7. The maximum absolute atomic E-state index is 12.2. The summed E-state index contributed by atoms with van der Waals surface area (Å²) in [6.07, 6.45) is 0.636. The van der Waals surface area contributed by atoms with Crippen LogP contribution >= 0.6 is 11.6 Å². The molecule has 2 aromatic carbocycles. The van der Waals surface area contributed by atoms with E-state index in [0.29, 0.717) is 19.7 Å². The monoisotopic (exact) mass is 387 g/mol. The summed E-state index contributed by atoms with van der Waals surface area (Å²) in [5, 5.41) is 0.723. The maximum atomic E-state index is 12.2. The number of benzene rings is 2. The van der Waals surface area contributed by atoms with Crippen molar-refractivity contribution in [3.8, 4) is 0 Å². The summed E-state index contributed by atoms with van der Waals surface area (Å²) in [5.74, 6) is 0. The molecule has 0 unspecified atom stereocenters. The first-order chi connectivity index (χ1) is 13.1. The van der Waals surface area contributed by atoms with E-state index < -0.39 is 0 Å². The van der Waals surface area contributed by atoms with Crippen molar-refractivity contribution in [2.45, 2.75) is 19.1 Å². The molecule has 0 saturated carbocycles. The lowest BCUT2D eigenvalue weighted by Gasteiger charge is -2.34. The second-order valence-corrected chi connectivity index (χ2v) is 7.25. The SMILES string of the molecule is N[C@@H](CCN1CCN(C(=O)OCc2ccccc2)CC1)c1ccc(Cl)cc1.